The van der Waals surface area contributed by atoms with E-state index in [-0.39, 0.29) is 6.29 Å². The van der Waals surface area contributed by atoms with Gasteiger partial charge in [0, 0.05) is 11.5 Å². The maximum Gasteiger partial charge on any atom is 0.180 e. The topological polar surface area (TPSA) is 18.5 Å². The first kappa shape index (κ1) is 15.0. The normalized spacial score (nSPS) is 24.8. The SMILES string of the molecule is CC(C)=C(C)C#C/C(C)=C(/C)C1OCC(C)CO1. The van der Waals surface area contributed by atoms with Crippen molar-refractivity contribution in [3.8, 4) is 11.8 Å². The van der Waals surface area contributed by atoms with Crippen LogP contribution in [0.25, 0.3) is 0 Å². The predicted molar refractivity (Wildman–Crippen MR) is 75.1 cm³/mol. The Hall–Kier alpha value is -1.04. The lowest BCUT2D eigenvalue weighted by Crippen LogP contribution is -2.31. The second kappa shape index (κ2) is 6.78. The molecule has 0 N–H and O–H groups in total. The summed E-state index contributed by atoms with van der Waals surface area (Å²) in [5.74, 6) is 6.83. The van der Waals surface area contributed by atoms with Crippen LogP contribution < -0.4 is 0 Å². The highest BCUT2D eigenvalue weighted by atomic mass is 16.7. The van der Waals surface area contributed by atoms with Crippen molar-refractivity contribution < 1.29 is 9.47 Å². The van der Waals surface area contributed by atoms with E-state index in [0.29, 0.717) is 5.92 Å². The van der Waals surface area contributed by atoms with Crippen molar-refractivity contribution in [3.05, 3.63) is 22.3 Å². The van der Waals surface area contributed by atoms with Crippen LogP contribution in [-0.4, -0.2) is 19.5 Å². The zero-order valence-corrected chi connectivity index (χ0v) is 12.4. The highest BCUT2D eigenvalue weighted by Gasteiger charge is 2.21. The maximum atomic E-state index is 5.67. The van der Waals surface area contributed by atoms with Gasteiger partial charge in [-0.1, -0.05) is 24.3 Å². The van der Waals surface area contributed by atoms with Crippen molar-refractivity contribution in [2.45, 2.75) is 47.8 Å². The van der Waals surface area contributed by atoms with Gasteiger partial charge in [-0.2, -0.15) is 0 Å². The molecule has 2 nitrogen and oxygen atoms in total. The third kappa shape index (κ3) is 4.33. The summed E-state index contributed by atoms with van der Waals surface area (Å²) in [4.78, 5) is 0. The van der Waals surface area contributed by atoms with Crippen molar-refractivity contribution in [2.24, 2.45) is 5.92 Å². The number of allylic oxidation sites excluding steroid dienone is 3. The van der Waals surface area contributed by atoms with Gasteiger partial charge < -0.3 is 9.47 Å². The molecule has 100 valence electrons. The molecule has 0 aliphatic carbocycles. The minimum Gasteiger partial charge on any atom is -0.348 e. The molecule has 0 spiro atoms. The van der Waals surface area contributed by atoms with Crippen molar-refractivity contribution >= 4 is 0 Å². The number of ether oxygens (including phenoxy) is 2. The molecule has 0 saturated carbocycles. The van der Waals surface area contributed by atoms with Crippen LogP contribution in [0.4, 0.5) is 0 Å². The molecule has 1 rings (SSSR count). The first-order valence-corrected chi connectivity index (χ1v) is 6.48. The fraction of sp³-hybridized carbons (Fsp3) is 0.625. The van der Waals surface area contributed by atoms with Gasteiger partial charge in [0.1, 0.15) is 0 Å². The molecule has 1 fully saturated rings. The zero-order chi connectivity index (χ0) is 13.7. The van der Waals surface area contributed by atoms with Crippen molar-refractivity contribution in [2.75, 3.05) is 13.2 Å². The first-order valence-electron chi connectivity index (χ1n) is 6.48. The van der Waals surface area contributed by atoms with Gasteiger partial charge in [-0.05, 0) is 45.8 Å². The van der Waals surface area contributed by atoms with Gasteiger partial charge >= 0.3 is 0 Å². The summed E-state index contributed by atoms with van der Waals surface area (Å²) in [7, 11) is 0. The Balaban J connectivity index is 2.76. The fourth-order valence-corrected chi connectivity index (χ4v) is 1.44. The first-order chi connectivity index (χ1) is 8.41. The van der Waals surface area contributed by atoms with Crippen molar-refractivity contribution in [1.82, 2.24) is 0 Å². The lowest BCUT2D eigenvalue weighted by molar-refractivity contribution is -0.177. The summed E-state index contributed by atoms with van der Waals surface area (Å²) in [6.07, 6.45) is -0.220. The summed E-state index contributed by atoms with van der Waals surface area (Å²) in [5.41, 5.74) is 4.50. The minimum atomic E-state index is -0.220. The van der Waals surface area contributed by atoms with Gasteiger partial charge in [-0.3, -0.25) is 0 Å². The molecule has 1 aliphatic rings. The molecule has 18 heavy (non-hydrogen) atoms. The highest BCUT2D eigenvalue weighted by Crippen LogP contribution is 2.19. The van der Waals surface area contributed by atoms with Gasteiger partial charge in [-0.15, -0.1) is 0 Å². The molecule has 0 aromatic carbocycles. The third-order valence-electron chi connectivity index (χ3n) is 3.20. The largest absolute Gasteiger partial charge is 0.348 e. The Morgan fingerprint density at radius 1 is 0.889 bits per heavy atom. The average Bonchev–Trinajstić information content (AvgIpc) is 2.35. The summed E-state index contributed by atoms with van der Waals surface area (Å²) in [6.45, 7) is 13.9. The van der Waals surface area contributed by atoms with E-state index in [0.717, 1.165) is 29.9 Å². The summed E-state index contributed by atoms with van der Waals surface area (Å²) < 4.78 is 11.3. The average molecular weight is 248 g/mol. The van der Waals surface area contributed by atoms with Gasteiger partial charge in [-0.25, -0.2) is 0 Å². The van der Waals surface area contributed by atoms with E-state index >= 15 is 0 Å². The monoisotopic (exact) mass is 248 g/mol. The van der Waals surface area contributed by atoms with E-state index < -0.39 is 0 Å². The molecular weight excluding hydrogens is 224 g/mol. The molecule has 0 aromatic rings. The standard InChI is InChI=1S/C16H24O2/c1-11(2)13(4)7-8-14(5)15(6)16-17-9-12(3)10-18-16/h12,16H,9-10H2,1-6H3/b15-14-. The molecule has 1 heterocycles. The van der Waals surface area contributed by atoms with E-state index in [1.165, 1.54) is 5.57 Å². The molecule has 2 heteroatoms. The lowest BCUT2D eigenvalue weighted by Gasteiger charge is -2.28. The predicted octanol–water partition coefficient (Wildman–Crippen LogP) is 3.69. The Morgan fingerprint density at radius 3 is 1.89 bits per heavy atom. The molecule has 1 saturated heterocycles. The van der Waals surface area contributed by atoms with Crippen LogP contribution in [0.3, 0.4) is 0 Å². The van der Waals surface area contributed by atoms with E-state index in [2.05, 4.69) is 32.6 Å². The smallest absolute Gasteiger partial charge is 0.180 e. The van der Waals surface area contributed by atoms with Crippen LogP contribution in [-0.2, 0) is 9.47 Å². The quantitative estimate of drug-likeness (QED) is 0.659. The number of rotatable bonds is 1. The Bertz CT molecular complexity index is 406. The zero-order valence-electron chi connectivity index (χ0n) is 12.4. The van der Waals surface area contributed by atoms with Crippen molar-refractivity contribution in [1.29, 1.82) is 0 Å². The number of hydrogen-bond acceptors (Lipinski definition) is 2. The van der Waals surface area contributed by atoms with Crippen LogP contribution in [0.1, 0.15) is 41.5 Å². The fourth-order valence-electron chi connectivity index (χ4n) is 1.44. The van der Waals surface area contributed by atoms with E-state index in [1.54, 1.807) is 0 Å². The molecule has 1 aliphatic heterocycles. The van der Waals surface area contributed by atoms with E-state index in [4.69, 9.17) is 9.47 Å². The molecule has 0 aromatic heterocycles. The Kier molecular flexibility index (Phi) is 5.65. The Morgan fingerprint density at radius 2 is 1.39 bits per heavy atom. The highest BCUT2D eigenvalue weighted by molar-refractivity contribution is 5.40. The summed E-state index contributed by atoms with van der Waals surface area (Å²) in [5, 5.41) is 0. The lowest BCUT2D eigenvalue weighted by atomic mass is 10.1. The third-order valence-corrected chi connectivity index (χ3v) is 3.20. The van der Waals surface area contributed by atoms with Crippen molar-refractivity contribution in [3.63, 3.8) is 0 Å². The van der Waals surface area contributed by atoms with Crippen LogP contribution >= 0.6 is 0 Å². The molecule has 0 amide bonds. The summed E-state index contributed by atoms with van der Waals surface area (Å²) in [6, 6.07) is 0. The van der Waals surface area contributed by atoms with Crippen LogP contribution in [0.15, 0.2) is 22.3 Å². The van der Waals surface area contributed by atoms with Gasteiger partial charge in [0.05, 0.1) is 13.2 Å². The van der Waals surface area contributed by atoms with Crippen LogP contribution in [0.5, 0.6) is 0 Å². The second-order valence-electron chi connectivity index (χ2n) is 5.29. The maximum absolute atomic E-state index is 5.67. The molecule has 0 unspecified atom stereocenters. The van der Waals surface area contributed by atoms with Gasteiger partial charge in [0.15, 0.2) is 6.29 Å². The van der Waals surface area contributed by atoms with Crippen LogP contribution in [0.2, 0.25) is 0 Å². The van der Waals surface area contributed by atoms with Gasteiger partial charge in [0.25, 0.3) is 0 Å². The number of hydrogen-bond donors (Lipinski definition) is 0. The van der Waals surface area contributed by atoms with E-state index in [1.807, 2.05) is 20.8 Å². The van der Waals surface area contributed by atoms with E-state index in [9.17, 15) is 0 Å². The molecule has 0 radical (unpaired) electrons. The van der Waals surface area contributed by atoms with Crippen LogP contribution in [0, 0.1) is 17.8 Å². The minimum absolute atomic E-state index is 0.220. The van der Waals surface area contributed by atoms with Gasteiger partial charge in [0.2, 0.25) is 0 Å². The molecule has 0 atom stereocenters. The summed E-state index contributed by atoms with van der Waals surface area (Å²) >= 11 is 0. The molecular formula is C16H24O2. The molecule has 0 bridgehead atoms. The Labute approximate surface area is 111 Å². The second-order valence-corrected chi connectivity index (χ2v) is 5.29.